The maximum absolute atomic E-state index is 5.45. The van der Waals surface area contributed by atoms with Gasteiger partial charge in [-0.05, 0) is 88.8 Å². The second kappa shape index (κ2) is 14.5. The molecule has 6 heteroatoms. The zero-order chi connectivity index (χ0) is 42.1. The van der Waals surface area contributed by atoms with Gasteiger partial charge in [0.2, 0.25) is 11.9 Å². The van der Waals surface area contributed by atoms with Gasteiger partial charge in [0.1, 0.15) is 0 Å². The quantitative estimate of drug-likeness (QED) is 0.168. The lowest BCUT2D eigenvalue weighted by molar-refractivity contribution is 0.875. The van der Waals surface area contributed by atoms with Crippen LogP contribution in [0.3, 0.4) is 0 Å². The highest BCUT2D eigenvalue weighted by atomic mass is 15.3. The molecule has 4 aromatic heterocycles. The molecule has 8 aromatic carbocycles. The summed E-state index contributed by atoms with van der Waals surface area (Å²) in [6.07, 6.45) is 9.44. The Kier molecular flexibility index (Phi) is 8.18. The molecule has 1 aliphatic carbocycles. The van der Waals surface area contributed by atoms with Crippen molar-refractivity contribution in [2.24, 2.45) is 0 Å². The molecule has 0 amide bonds. The van der Waals surface area contributed by atoms with Gasteiger partial charge in [-0.1, -0.05) is 164 Å². The van der Waals surface area contributed by atoms with E-state index < -0.39 is 0 Å². The van der Waals surface area contributed by atoms with Crippen LogP contribution in [0.5, 0.6) is 0 Å². The summed E-state index contributed by atoms with van der Waals surface area (Å²) in [4.78, 5) is 16.3. The first kappa shape index (κ1) is 36.1. The lowest BCUT2D eigenvalue weighted by Crippen LogP contribution is -2.11. The van der Waals surface area contributed by atoms with E-state index in [1.54, 1.807) is 0 Å². The number of hydrogen-bond donors (Lipinski definition) is 0. The molecule has 0 unspecified atom stereocenters. The number of rotatable bonds is 6. The molecule has 6 nitrogen and oxygen atoms in total. The van der Waals surface area contributed by atoms with Gasteiger partial charge < -0.3 is 4.57 Å². The van der Waals surface area contributed by atoms with E-state index in [4.69, 9.17) is 15.0 Å². The van der Waals surface area contributed by atoms with Gasteiger partial charge in [0, 0.05) is 38.2 Å². The first-order valence-electron chi connectivity index (χ1n) is 21.8. The molecule has 300 valence electrons. The fourth-order valence-electron chi connectivity index (χ4n) is 9.96. The Morgan fingerprint density at radius 2 is 0.922 bits per heavy atom. The summed E-state index contributed by atoms with van der Waals surface area (Å²) in [6.45, 7) is 0. The van der Waals surface area contributed by atoms with Crippen molar-refractivity contribution in [1.29, 1.82) is 0 Å². The smallest absolute Gasteiger partial charge is 0.240 e. The van der Waals surface area contributed by atoms with Gasteiger partial charge in [0.25, 0.3) is 0 Å². The topological polar surface area (TPSA) is 53.5 Å². The molecule has 12 aromatic rings. The van der Waals surface area contributed by atoms with Gasteiger partial charge in [-0.2, -0.15) is 15.0 Å². The average Bonchev–Trinajstić information content (AvgIpc) is 3.91. The monoisotopic (exact) mass is 818 g/mol. The van der Waals surface area contributed by atoms with E-state index in [2.05, 4.69) is 232 Å². The Morgan fingerprint density at radius 1 is 0.359 bits per heavy atom. The highest BCUT2D eigenvalue weighted by Crippen LogP contribution is 2.39. The first-order valence-corrected chi connectivity index (χ1v) is 21.8. The highest BCUT2D eigenvalue weighted by Gasteiger charge is 2.24. The van der Waals surface area contributed by atoms with Gasteiger partial charge in [-0.25, -0.2) is 0 Å². The van der Waals surface area contributed by atoms with Gasteiger partial charge in [0.05, 0.1) is 33.3 Å². The van der Waals surface area contributed by atoms with E-state index in [0.717, 1.165) is 72.8 Å². The molecule has 0 saturated carbocycles. The second-order valence-corrected chi connectivity index (χ2v) is 16.4. The standard InChI is InChI=1S/C58H38N6/c1-3-18-38(19-4-1)39-34-35-55-49(37-39)47-27-12-13-30-50(47)62(55)41-21-17-20-40(36-41)42-22-7-8-28-48(42)56-59-57(63-51-29-6-2-5-23-43(51)44-24-9-14-31-52(44)63)61-58(60-56)64-53-32-15-10-25-45(53)46-26-11-16-33-54(46)64/h1-22,24-37H,23H2. The van der Waals surface area contributed by atoms with E-state index in [1.165, 1.54) is 32.8 Å². The second-order valence-electron chi connectivity index (χ2n) is 16.4. The molecule has 1 aliphatic rings. The number of nitrogens with zero attached hydrogens (tertiary/aromatic N) is 6. The first-order chi connectivity index (χ1) is 31.8. The molecular weight excluding hydrogens is 781 g/mol. The van der Waals surface area contributed by atoms with Crippen LogP contribution in [0, 0.1) is 0 Å². The number of benzene rings is 8. The average molecular weight is 819 g/mol. The minimum atomic E-state index is 0.559. The van der Waals surface area contributed by atoms with Crippen molar-refractivity contribution < 1.29 is 0 Å². The molecule has 64 heavy (non-hydrogen) atoms. The fraction of sp³-hybridized carbons (Fsp3) is 0.0172. The maximum atomic E-state index is 5.45. The van der Waals surface area contributed by atoms with Crippen LogP contribution >= 0.6 is 0 Å². The third-order valence-corrected chi connectivity index (χ3v) is 12.8. The Balaban J connectivity index is 1.03. The van der Waals surface area contributed by atoms with Crippen LogP contribution in [-0.4, -0.2) is 28.7 Å². The van der Waals surface area contributed by atoms with Crippen molar-refractivity contribution >= 4 is 60.6 Å². The SMILES string of the molecule is C1=CCc2c(n(-c3nc(-c4ccccc4-c4cccc(-n5c6ccccc6c6cc(-c7ccccc7)ccc65)c4)nc(-n4c5ccccc5c5ccccc54)n3)c3ccccc23)C=C1. The van der Waals surface area contributed by atoms with E-state index in [-0.39, 0.29) is 0 Å². The van der Waals surface area contributed by atoms with Crippen molar-refractivity contribution in [1.82, 2.24) is 28.7 Å². The van der Waals surface area contributed by atoms with Crippen molar-refractivity contribution in [2.45, 2.75) is 6.42 Å². The summed E-state index contributed by atoms with van der Waals surface area (Å²) >= 11 is 0. The molecule has 0 spiro atoms. The molecular formula is C58H38N6. The minimum Gasteiger partial charge on any atom is -0.309 e. The highest BCUT2D eigenvalue weighted by molar-refractivity contribution is 6.11. The van der Waals surface area contributed by atoms with Crippen molar-refractivity contribution in [3.05, 3.63) is 224 Å². The van der Waals surface area contributed by atoms with E-state index >= 15 is 0 Å². The molecule has 0 saturated heterocycles. The van der Waals surface area contributed by atoms with Gasteiger partial charge >= 0.3 is 0 Å². The Bertz CT molecular complexity index is 3830. The van der Waals surface area contributed by atoms with Crippen molar-refractivity contribution in [3.8, 4) is 51.2 Å². The molecule has 13 rings (SSSR count). The molecule has 0 bridgehead atoms. The largest absolute Gasteiger partial charge is 0.309 e. The van der Waals surface area contributed by atoms with Crippen molar-refractivity contribution in [3.63, 3.8) is 0 Å². The van der Waals surface area contributed by atoms with Crippen LogP contribution in [0.15, 0.2) is 212 Å². The number of allylic oxidation sites excluding steroid dienone is 3. The summed E-state index contributed by atoms with van der Waals surface area (Å²) in [5, 5.41) is 5.92. The molecule has 0 aliphatic heterocycles. The molecule has 0 N–H and O–H groups in total. The van der Waals surface area contributed by atoms with Crippen LogP contribution in [-0.2, 0) is 6.42 Å². The number of aromatic nitrogens is 6. The Labute approximate surface area is 369 Å². The zero-order valence-electron chi connectivity index (χ0n) is 34.7. The third-order valence-electron chi connectivity index (χ3n) is 12.8. The van der Waals surface area contributed by atoms with E-state index in [0.29, 0.717) is 17.7 Å². The zero-order valence-corrected chi connectivity index (χ0v) is 34.7. The third kappa shape index (κ3) is 5.63. The summed E-state index contributed by atoms with van der Waals surface area (Å²) in [7, 11) is 0. The molecule has 0 fully saturated rings. The summed E-state index contributed by atoms with van der Waals surface area (Å²) in [5.41, 5.74) is 14.3. The normalized spacial score (nSPS) is 12.5. The van der Waals surface area contributed by atoms with Gasteiger partial charge in [-0.3, -0.25) is 9.13 Å². The van der Waals surface area contributed by atoms with Crippen molar-refractivity contribution in [2.75, 3.05) is 0 Å². The summed E-state index contributed by atoms with van der Waals surface area (Å²) in [5.74, 6) is 1.72. The van der Waals surface area contributed by atoms with Crippen LogP contribution in [0.4, 0.5) is 0 Å². The van der Waals surface area contributed by atoms with Gasteiger partial charge in [-0.15, -0.1) is 0 Å². The minimum absolute atomic E-state index is 0.559. The lowest BCUT2D eigenvalue weighted by atomic mass is 9.98. The fourth-order valence-corrected chi connectivity index (χ4v) is 9.96. The summed E-state index contributed by atoms with van der Waals surface area (Å²) < 4.78 is 6.79. The van der Waals surface area contributed by atoms with Gasteiger partial charge in [0.15, 0.2) is 5.82 Å². The number of hydrogen-bond acceptors (Lipinski definition) is 3. The Hall–Kier alpha value is -8.61. The van der Waals surface area contributed by atoms with Crippen LogP contribution in [0.1, 0.15) is 11.3 Å². The summed E-state index contributed by atoms with van der Waals surface area (Å²) in [6, 6.07) is 69.1. The number of fused-ring (bicyclic) bond motifs is 9. The van der Waals surface area contributed by atoms with Crippen LogP contribution in [0.2, 0.25) is 0 Å². The predicted octanol–water partition coefficient (Wildman–Crippen LogP) is 14.1. The van der Waals surface area contributed by atoms with E-state index in [9.17, 15) is 0 Å². The Morgan fingerprint density at radius 3 is 1.66 bits per heavy atom. The molecule has 4 heterocycles. The molecule has 0 atom stereocenters. The van der Waals surface area contributed by atoms with Crippen LogP contribution < -0.4 is 0 Å². The predicted molar refractivity (Wildman–Crippen MR) is 264 cm³/mol. The lowest BCUT2D eigenvalue weighted by Gasteiger charge is -2.15. The molecule has 0 radical (unpaired) electrons. The maximum Gasteiger partial charge on any atom is 0.240 e. The number of para-hydroxylation sites is 4. The van der Waals surface area contributed by atoms with Crippen LogP contribution in [0.25, 0.3) is 112 Å². The van der Waals surface area contributed by atoms with E-state index in [1.807, 2.05) is 0 Å².